The number of benzene rings is 1. The van der Waals surface area contributed by atoms with Crippen LogP contribution in [0.1, 0.15) is 9.67 Å². The fourth-order valence-corrected chi connectivity index (χ4v) is 4.16. The number of nitrogens with one attached hydrogen (secondary N) is 1. The van der Waals surface area contributed by atoms with E-state index in [1.54, 1.807) is 0 Å². The van der Waals surface area contributed by atoms with Gasteiger partial charge in [0.2, 0.25) is 0 Å². The highest BCUT2D eigenvalue weighted by Gasteiger charge is 2.29. The highest BCUT2D eigenvalue weighted by atomic mass is 35.5. The van der Waals surface area contributed by atoms with Crippen LogP contribution in [-0.4, -0.2) is 26.9 Å². The van der Waals surface area contributed by atoms with Crippen molar-refractivity contribution < 1.29 is 9.59 Å². The molecular formula is C12H7ClN2O2S3. The third kappa shape index (κ3) is 2.31. The first kappa shape index (κ1) is 13.8. The Bertz CT molecular complexity index is 727. The molecule has 4 nitrogen and oxygen atoms in total. The number of hydrogen-bond donors (Lipinski definition) is 1. The number of halogens is 1. The zero-order valence-corrected chi connectivity index (χ0v) is 13.1. The molecule has 1 aliphatic heterocycles. The lowest BCUT2D eigenvalue weighted by Gasteiger charge is -2.15. The van der Waals surface area contributed by atoms with Gasteiger partial charge in [-0.15, -0.1) is 11.3 Å². The number of thiocarbonyl (C=S) groups is 1. The first-order chi connectivity index (χ1) is 9.58. The summed E-state index contributed by atoms with van der Waals surface area (Å²) in [5.41, 5.74) is 2.51. The summed E-state index contributed by atoms with van der Waals surface area (Å²) in [6.07, 6.45) is 0. The van der Waals surface area contributed by atoms with Crippen LogP contribution in [0, 0.1) is 0 Å². The van der Waals surface area contributed by atoms with Crippen molar-refractivity contribution in [1.82, 2.24) is 10.4 Å². The van der Waals surface area contributed by atoms with Gasteiger partial charge in [-0.2, -0.15) is 0 Å². The van der Waals surface area contributed by atoms with Gasteiger partial charge in [0.1, 0.15) is 4.88 Å². The Morgan fingerprint density at radius 2 is 2.15 bits per heavy atom. The standard InChI is InChI=1S/C12H7ClN2O2S3/c13-9-6-3-1-2-4-7(6)20-10(9)11(17)14-15-8(16)5-19-12(15)18/h1-4H,5H2,(H,14,17). The van der Waals surface area contributed by atoms with Crippen molar-refractivity contribution in [1.29, 1.82) is 0 Å². The monoisotopic (exact) mass is 342 g/mol. The zero-order valence-electron chi connectivity index (χ0n) is 9.88. The predicted molar refractivity (Wildman–Crippen MR) is 86.2 cm³/mol. The molecule has 0 radical (unpaired) electrons. The molecule has 3 rings (SSSR count). The van der Waals surface area contributed by atoms with Gasteiger partial charge in [-0.05, 0) is 6.07 Å². The number of thiophene rings is 1. The summed E-state index contributed by atoms with van der Waals surface area (Å²) in [5, 5.41) is 2.32. The van der Waals surface area contributed by atoms with E-state index in [9.17, 15) is 9.59 Å². The Labute approximate surface area is 133 Å². The number of fused-ring (bicyclic) bond motifs is 1. The van der Waals surface area contributed by atoms with E-state index < -0.39 is 5.91 Å². The third-order valence-electron chi connectivity index (χ3n) is 2.71. The quantitative estimate of drug-likeness (QED) is 0.852. The highest BCUT2D eigenvalue weighted by molar-refractivity contribution is 8.23. The minimum absolute atomic E-state index is 0.231. The molecular weight excluding hydrogens is 336 g/mol. The molecule has 1 N–H and O–H groups in total. The van der Waals surface area contributed by atoms with Crippen molar-refractivity contribution >= 4 is 73.1 Å². The smallest absolute Gasteiger partial charge is 0.272 e. The summed E-state index contributed by atoms with van der Waals surface area (Å²) in [4.78, 5) is 24.2. The molecule has 1 fully saturated rings. The van der Waals surface area contributed by atoms with Gasteiger partial charge >= 0.3 is 0 Å². The number of amides is 2. The molecule has 1 aromatic heterocycles. The fourth-order valence-electron chi connectivity index (χ4n) is 1.77. The molecule has 1 aliphatic rings. The molecule has 8 heteroatoms. The van der Waals surface area contributed by atoms with Gasteiger partial charge in [0.05, 0.1) is 10.8 Å². The van der Waals surface area contributed by atoms with Gasteiger partial charge in [-0.25, -0.2) is 5.01 Å². The lowest BCUT2D eigenvalue weighted by atomic mass is 10.2. The normalized spacial score (nSPS) is 15.2. The molecule has 2 amide bonds. The van der Waals surface area contributed by atoms with Crippen LogP contribution in [0.3, 0.4) is 0 Å². The second kappa shape index (κ2) is 5.33. The second-order valence-electron chi connectivity index (χ2n) is 3.97. The highest BCUT2D eigenvalue weighted by Crippen LogP contribution is 2.35. The van der Waals surface area contributed by atoms with Crippen LogP contribution < -0.4 is 5.43 Å². The number of carbonyl (C=O) groups is 2. The Balaban J connectivity index is 1.91. The van der Waals surface area contributed by atoms with Gasteiger partial charge in [0, 0.05) is 10.1 Å². The minimum atomic E-state index is -0.422. The van der Waals surface area contributed by atoms with Crippen molar-refractivity contribution in [3.05, 3.63) is 34.2 Å². The van der Waals surface area contributed by atoms with Crippen LogP contribution in [0.25, 0.3) is 10.1 Å². The van der Waals surface area contributed by atoms with E-state index in [1.807, 2.05) is 24.3 Å². The van der Waals surface area contributed by atoms with E-state index in [0.717, 1.165) is 15.1 Å². The third-order valence-corrected chi connectivity index (χ3v) is 5.74. The van der Waals surface area contributed by atoms with E-state index >= 15 is 0 Å². The summed E-state index contributed by atoms with van der Waals surface area (Å²) >= 11 is 13.7. The molecule has 0 saturated carbocycles. The van der Waals surface area contributed by atoms with Gasteiger partial charge in [0.25, 0.3) is 11.8 Å². The minimum Gasteiger partial charge on any atom is -0.272 e. The van der Waals surface area contributed by atoms with Crippen molar-refractivity contribution in [3.8, 4) is 0 Å². The van der Waals surface area contributed by atoms with Gasteiger partial charge in [-0.1, -0.05) is 53.8 Å². The molecule has 102 valence electrons. The number of rotatable bonds is 2. The number of hydrogen-bond acceptors (Lipinski definition) is 5. The molecule has 0 unspecified atom stereocenters. The fraction of sp³-hybridized carbons (Fsp3) is 0.0833. The van der Waals surface area contributed by atoms with Crippen LogP contribution in [0.15, 0.2) is 24.3 Å². The average molecular weight is 343 g/mol. The molecule has 0 bridgehead atoms. The second-order valence-corrected chi connectivity index (χ2v) is 7.01. The maximum absolute atomic E-state index is 12.2. The summed E-state index contributed by atoms with van der Waals surface area (Å²) in [5.74, 6) is -0.404. The molecule has 1 saturated heterocycles. The van der Waals surface area contributed by atoms with E-state index in [4.69, 9.17) is 23.8 Å². The average Bonchev–Trinajstić information content (AvgIpc) is 2.94. The van der Waals surface area contributed by atoms with Crippen LogP contribution in [0.5, 0.6) is 0 Å². The van der Waals surface area contributed by atoms with Gasteiger partial charge in [0.15, 0.2) is 4.32 Å². The van der Waals surface area contributed by atoms with Crippen molar-refractivity contribution in [2.45, 2.75) is 0 Å². The summed E-state index contributed by atoms with van der Waals surface area (Å²) in [6, 6.07) is 7.49. The molecule has 2 heterocycles. The van der Waals surface area contributed by atoms with E-state index in [-0.39, 0.29) is 11.7 Å². The van der Waals surface area contributed by atoms with Crippen LogP contribution in [0.2, 0.25) is 5.02 Å². The maximum Gasteiger partial charge on any atom is 0.281 e. The van der Waals surface area contributed by atoms with Gasteiger partial charge in [-0.3, -0.25) is 15.0 Å². The summed E-state index contributed by atoms with van der Waals surface area (Å²) in [7, 11) is 0. The Morgan fingerprint density at radius 1 is 1.40 bits per heavy atom. The number of hydrazine groups is 1. The van der Waals surface area contributed by atoms with Crippen molar-refractivity contribution in [2.24, 2.45) is 0 Å². The summed E-state index contributed by atoms with van der Waals surface area (Å²) < 4.78 is 1.27. The van der Waals surface area contributed by atoms with Crippen LogP contribution in [0.4, 0.5) is 0 Å². The predicted octanol–water partition coefficient (Wildman–Crippen LogP) is 3.06. The molecule has 20 heavy (non-hydrogen) atoms. The number of carbonyl (C=O) groups excluding carboxylic acids is 2. The molecule has 2 aromatic rings. The molecule has 0 atom stereocenters. The SMILES string of the molecule is O=C(NN1C(=O)CSC1=S)c1sc2ccccc2c1Cl. The first-order valence-corrected chi connectivity index (χ1v) is 8.14. The lowest BCUT2D eigenvalue weighted by Crippen LogP contribution is -2.44. The van der Waals surface area contributed by atoms with Crippen molar-refractivity contribution in [3.63, 3.8) is 0 Å². The van der Waals surface area contributed by atoms with Crippen LogP contribution >= 0.6 is 46.9 Å². The Morgan fingerprint density at radius 3 is 2.80 bits per heavy atom. The molecule has 0 spiro atoms. The topological polar surface area (TPSA) is 49.4 Å². The molecule has 0 aliphatic carbocycles. The van der Waals surface area contributed by atoms with Crippen LogP contribution in [-0.2, 0) is 4.79 Å². The Kier molecular flexibility index (Phi) is 3.68. The largest absolute Gasteiger partial charge is 0.281 e. The summed E-state index contributed by atoms with van der Waals surface area (Å²) in [6.45, 7) is 0. The number of thioether (sulfide) groups is 1. The van der Waals surface area contributed by atoms with Gasteiger partial charge < -0.3 is 0 Å². The van der Waals surface area contributed by atoms with E-state index in [1.165, 1.54) is 23.1 Å². The lowest BCUT2D eigenvalue weighted by molar-refractivity contribution is -0.125. The van der Waals surface area contributed by atoms with E-state index in [0.29, 0.717) is 14.2 Å². The number of nitrogens with zero attached hydrogens (tertiary/aromatic N) is 1. The van der Waals surface area contributed by atoms with Crippen molar-refractivity contribution in [2.75, 3.05) is 5.75 Å². The molecule has 1 aromatic carbocycles. The Hall–Kier alpha value is -1.15. The first-order valence-electron chi connectivity index (χ1n) is 5.55. The van der Waals surface area contributed by atoms with E-state index in [2.05, 4.69) is 5.43 Å². The zero-order chi connectivity index (χ0) is 14.3. The maximum atomic E-state index is 12.2.